The molecule has 0 amide bonds. The number of ether oxygens (including phenoxy) is 1. The predicted molar refractivity (Wildman–Crippen MR) is 73.5 cm³/mol. The SMILES string of the molecule is CC(C)Oc1nc(Cl)nc(NC(C2CC2)C2CC2)n1. The summed E-state index contributed by atoms with van der Waals surface area (Å²) in [5.41, 5.74) is 0. The van der Waals surface area contributed by atoms with Gasteiger partial charge in [0, 0.05) is 6.04 Å². The van der Waals surface area contributed by atoms with Crippen molar-refractivity contribution in [2.24, 2.45) is 11.8 Å². The molecule has 1 heterocycles. The highest BCUT2D eigenvalue weighted by Gasteiger charge is 2.41. The average molecular weight is 283 g/mol. The summed E-state index contributed by atoms with van der Waals surface area (Å²) < 4.78 is 5.48. The Morgan fingerprint density at radius 2 is 1.74 bits per heavy atom. The Morgan fingerprint density at radius 3 is 2.26 bits per heavy atom. The van der Waals surface area contributed by atoms with Gasteiger partial charge < -0.3 is 10.1 Å². The van der Waals surface area contributed by atoms with Gasteiger partial charge in [0.05, 0.1) is 6.10 Å². The van der Waals surface area contributed by atoms with Gasteiger partial charge in [0.25, 0.3) is 0 Å². The molecule has 1 aromatic rings. The fourth-order valence-electron chi connectivity index (χ4n) is 2.34. The Kier molecular flexibility index (Phi) is 3.48. The first-order valence-electron chi connectivity index (χ1n) is 6.96. The van der Waals surface area contributed by atoms with Gasteiger partial charge in [-0.1, -0.05) is 0 Å². The molecule has 0 atom stereocenters. The van der Waals surface area contributed by atoms with E-state index in [1.165, 1.54) is 25.7 Å². The summed E-state index contributed by atoms with van der Waals surface area (Å²) >= 11 is 5.93. The van der Waals surface area contributed by atoms with Crippen LogP contribution >= 0.6 is 11.6 Å². The van der Waals surface area contributed by atoms with Crippen molar-refractivity contribution in [3.8, 4) is 6.01 Å². The number of hydrogen-bond acceptors (Lipinski definition) is 5. The summed E-state index contributed by atoms with van der Waals surface area (Å²) in [4.78, 5) is 12.4. The Labute approximate surface area is 118 Å². The van der Waals surface area contributed by atoms with Crippen molar-refractivity contribution in [1.29, 1.82) is 0 Å². The van der Waals surface area contributed by atoms with E-state index in [4.69, 9.17) is 16.3 Å². The molecule has 5 nitrogen and oxygen atoms in total. The van der Waals surface area contributed by atoms with Gasteiger partial charge in [-0.2, -0.15) is 15.0 Å². The summed E-state index contributed by atoms with van der Waals surface area (Å²) in [5, 5.41) is 3.61. The molecule has 1 aromatic heterocycles. The third-order valence-electron chi connectivity index (χ3n) is 3.48. The van der Waals surface area contributed by atoms with Crippen LogP contribution in [0, 0.1) is 11.8 Å². The summed E-state index contributed by atoms with van der Waals surface area (Å²) in [7, 11) is 0. The van der Waals surface area contributed by atoms with Gasteiger partial charge in [0.1, 0.15) is 0 Å². The normalized spacial score (nSPS) is 19.0. The van der Waals surface area contributed by atoms with Crippen molar-refractivity contribution in [2.75, 3.05) is 5.32 Å². The van der Waals surface area contributed by atoms with Crippen molar-refractivity contribution >= 4 is 17.5 Å². The Balaban J connectivity index is 1.73. The molecule has 6 heteroatoms. The van der Waals surface area contributed by atoms with E-state index in [9.17, 15) is 0 Å². The number of hydrogen-bond donors (Lipinski definition) is 1. The van der Waals surface area contributed by atoms with Gasteiger partial charge in [0.2, 0.25) is 11.2 Å². The second kappa shape index (κ2) is 5.12. The molecule has 0 saturated heterocycles. The fraction of sp³-hybridized carbons (Fsp3) is 0.769. The second-order valence-corrected chi connectivity index (χ2v) is 6.06. The van der Waals surface area contributed by atoms with E-state index in [1.807, 2.05) is 13.8 Å². The average Bonchev–Trinajstić information content (AvgIpc) is 3.17. The van der Waals surface area contributed by atoms with Gasteiger partial charge >= 0.3 is 6.01 Å². The van der Waals surface area contributed by atoms with Crippen molar-refractivity contribution in [3.05, 3.63) is 5.28 Å². The zero-order valence-electron chi connectivity index (χ0n) is 11.3. The first-order chi connectivity index (χ1) is 9.11. The highest BCUT2D eigenvalue weighted by molar-refractivity contribution is 6.28. The molecule has 19 heavy (non-hydrogen) atoms. The van der Waals surface area contributed by atoms with Crippen LogP contribution in [0.15, 0.2) is 0 Å². The maximum atomic E-state index is 5.93. The third kappa shape index (κ3) is 3.47. The first kappa shape index (κ1) is 12.9. The number of halogens is 1. The molecule has 3 rings (SSSR count). The quantitative estimate of drug-likeness (QED) is 0.869. The maximum absolute atomic E-state index is 5.93. The molecule has 0 bridgehead atoms. The maximum Gasteiger partial charge on any atom is 0.322 e. The first-order valence-corrected chi connectivity index (χ1v) is 7.34. The summed E-state index contributed by atoms with van der Waals surface area (Å²) in [6.07, 6.45) is 5.25. The van der Waals surface area contributed by atoms with E-state index in [0.717, 1.165) is 11.8 Å². The molecule has 104 valence electrons. The number of aromatic nitrogens is 3. The van der Waals surface area contributed by atoms with Crippen LogP contribution in [-0.2, 0) is 0 Å². The molecule has 2 saturated carbocycles. The molecule has 0 aliphatic heterocycles. The van der Waals surface area contributed by atoms with Crippen LogP contribution in [-0.4, -0.2) is 27.1 Å². The lowest BCUT2D eigenvalue weighted by Crippen LogP contribution is -2.26. The van der Waals surface area contributed by atoms with Gasteiger partial charge in [-0.05, 0) is 63.0 Å². The molecule has 0 radical (unpaired) electrons. The van der Waals surface area contributed by atoms with E-state index < -0.39 is 0 Å². The monoisotopic (exact) mass is 282 g/mol. The molecule has 1 N–H and O–H groups in total. The summed E-state index contributed by atoms with van der Waals surface area (Å²) in [6.45, 7) is 3.87. The van der Waals surface area contributed by atoms with Crippen molar-refractivity contribution in [2.45, 2.75) is 51.7 Å². The Bertz CT molecular complexity index is 448. The predicted octanol–water partition coefficient (Wildman–Crippen LogP) is 2.91. The van der Waals surface area contributed by atoms with Crippen LogP contribution in [0.1, 0.15) is 39.5 Å². The lowest BCUT2D eigenvalue weighted by molar-refractivity contribution is 0.221. The van der Waals surface area contributed by atoms with Crippen LogP contribution in [0.25, 0.3) is 0 Å². The van der Waals surface area contributed by atoms with E-state index in [0.29, 0.717) is 18.0 Å². The second-order valence-electron chi connectivity index (χ2n) is 5.72. The number of nitrogens with one attached hydrogen (secondary N) is 1. The minimum atomic E-state index is 0.0222. The minimum absolute atomic E-state index is 0.0222. The lowest BCUT2D eigenvalue weighted by atomic mass is 10.1. The van der Waals surface area contributed by atoms with E-state index in [1.54, 1.807) is 0 Å². The Morgan fingerprint density at radius 1 is 1.11 bits per heavy atom. The number of rotatable bonds is 6. The molecule has 2 aliphatic rings. The lowest BCUT2D eigenvalue weighted by Gasteiger charge is -2.18. The van der Waals surface area contributed by atoms with Crippen LogP contribution in [0.5, 0.6) is 6.01 Å². The van der Waals surface area contributed by atoms with Crippen LogP contribution < -0.4 is 10.1 Å². The van der Waals surface area contributed by atoms with E-state index in [-0.39, 0.29) is 11.4 Å². The molecule has 2 fully saturated rings. The van der Waals surface area contributed by atoms with Crippen LogP contribution in [0.3, 0.4) is 0 Å². The molecule has 0 spiro atoms. The fourth-order valence-corrected chi connectivity index (χ4v) is 2.49. The van der Waals surface area contributed by atoms with E-state index in [2.05, 4.69) is 20.3 Å². The van der Waals surface area contributed by atoms with Crippen LogP contribution in [0.4, 0.5) is 5.95 Å². The zero-order chi connectivity index (χ0) is 13.4. The van der Waals surface area contributed by atoms with Gasteiger partial charge in [-0.15, -0.1) is 0 Å². The minimum Gasteiger partial charge on any atom is -0.461 e. The number of anilines is 1. The largest absolute Gasteiger partial charge is 0.461 e. The third-order valence-corrected chi connectivity index (χ3v) is 3.65. The molecule has 2 aliphatic carbocycles. The van der Waals surface area contributed by atoms with Crippen molar-refractivity contribution in [3.63, 3.8) is 0 Å². The van der Waals surface area contributed by atoms with E-state index >= 15 is 0 Å². The highest BCUT2D eigenvalue weighted by atomic mass is 35.5. The van der Waals surface area contributed by atoms with Gasteiger partial charge in [-0.25, -0.2) is 0 Å². The summed E-state index contributed by atoms with van der Waals surface area (Å²) in [5.74, 6) is 2.09. The molecule has 0 aromatic carbocycles. The Hall–Kier alpha value is -1.10. The standard InChI is InChI=1S/C13H19ClN4O/c1-7(2)19-13-17-11(14)16-12(18-13)15-10(8-3-4-8)9-5-6-9/h7-10H,3-6H2,1-2H3,(H,15,16,17,18). The molecular formula is C13H19ClN4O. The zero-order valence-corrected chi connectivity index (χ0v) is 12.0. The number of nitrogens with zero attached hydrogens (tertiary/aromatic N) is 3. The van der Waals surface area contributed by atoms with Gasteiger partial charge in [-0.3, -0.25) is 0 Å². The summed E-state index contributed by atoms with van der Waals surface area (Å²) in [6, 6.07) is 0.785. The highest BCUT2D eigenvalue weighted by Crippen LogP contribution is 2.45. The van der Waals surface area contributed by atoms with Crippen molar-refractivity contribution < 1.29 is 4.74 Å². The van der Waals surface area contributed by atoms with Crippen LogP contribution in [0.2, 0.25) is 5.28 Å². The topological polar surface area (TPSA) is 59.9 Å². The van der Waals surface area contributed by atoms with Gasteiger partial charge in [0.15, 0.2) is 0 Å². The molecule has 0 unspecified atom stereocenters. The molecular weight excluding hydrogens is 264 g/mol. The smallest absolute Gasteiger partial charge is 0.322 e. The van der Waals surface area contributed by atoms with Crippen molar-refractivity contribution in [1.82, 2.24) is 15.0 Å².